The standard InChI is InChI=1S/C24H24O/c1-23(2,25)21-13-7-6-11-19(21)20-12-8-14-24(3)16-18-10-5-4-9-17(18)15-22(20)24/h4-15,25H,16H2,1-3H3. The highest BCUT2D eigenvalue weighted by Crippen LogP contribution is 2.49. The fraction of sp³-hybridized carbons (Fsp3) is 0.250. The van der Waals surface area contributed by atoms with Gasteiger partial charge in [-0.3, -0.25) is 0 Å². The molecule has 2 aliphatic carbocycles. The molecule has 126 valence electrons. The number of rotatable bonds is 2. The molecular formula is C24H24O. The van der Waals surface area contributed by atoms with Crippen LogP contribution in [0.4, 0.5) is 0 Å². The Morgan fingerprint density at radius 3 is 2.52 bits per heavy atom. The molecular weight excluding hydrogens is 304 g/mol. The number of aliphatic hydroxyl groups is 1. The highest BCUT2D eigenvalue weighted by atomic mass is 16.3. The zero-order valence-electron chi connectivity index (χ0n) is 15.1. The van der Waals surface area contributed by atoms with E-state index in [4.69, 9.17) is 0 Å². The molecule has 0 aromatic heterocycles. The SMILES string of the molecule is CC12C=CC=C(c3ccccc3C(C)(C)O)C1=Cc1ccccc1C2. The number of allylic oxidation sites excluding steroid dienone is 5. The first kappa shape index (κ1) is 16.1. The Hall–Kier alpha value is -2.38. The molecule has 0 saturated heterocycles. The summed E-state index contributed by atoms with van der Waals surface area (Å²) in [7, 11) is 0. The first-order valence-corrected chi connectivity index (χ1v) is 8.91. The van der Waals surface area contributed by atoms with Gasteiger partial charge in [-0.15, -0.1) is 0 Å². The second-order valence-electron chi connectivity index (χ2n) is 7.90. The molecule has 4 rings (SSSR count). The van der Waals surface area contributed by atoms with Crippen LogP contribution in [0.3, 0.4) is 0 Å². The normalized spacial score (nSPS) is 21.9. The van der Waals surface area contributed by atoms with Crippen LogP contribution in [0.15, 0.2) is 72.3 Å². The molecule has 1 N–H and O–H groups in total. The van der Waals surface area contributed by atoms with E-state index in [2.05, 4.69) is 67.6 Å². The summed E-state index contributed by atoms with van der Waals surface area (Å²) >= 11 is 0. The molecule has 1 unspecified atom stereocenters. The number of benzene rings is 2. The third kappa shape index (κ3) is 2.69. The molecule has 1 nitrogen and oxygen atoms in total. The van der Waals surface area contributed by atoms with Crippen molar-refractivity contribution in [1.29, 1.82) is 0 Å². The molecule has 2 aromatic carbocycles. The Morgan fingerprint density at radius 1 is 1.00 bits per heavy atom. The zero-order valence-corrected chi connectivity index (χ0v) is 15.1. The molecule has 2 aliphatic rings. The van der Waals surface area contributed by atoms with Crippen LogP contribution < -0.4 is 0 Å². The van der Waals surface area contributed by atoms with Crippen LogP contribution in [-0.2, 0) is 12.0 Å². The van der Waals surface area contributed by atoms with Crippen LogP contribution in [0.5, 0.6) is 0 Å². The van der Waals surface area contributed by atoms with Crippen molar-refractivity contribution < 1.29 is 5.11 Å². The molecule has 0 heterocycles. The van der Waals surface area contributed by atoms with Crippen LogP contribution in [0.1, 0.15) is 43.0 Å². The van der Waals surface area contributed by atoms with Gasteiger partial charge < -0.3 is 5.11 Å². The maximum atomic E-state index is 10.7. The Bertz CT molecular complexity index is 921. The third-order valence-electron chi connectivity index (χ3n) is 5.42. The lowest BCUT2D eigenvalue weighted by Crippen LogP contribution is -2.27. The molecule has 2 aromatic rings. The average Bonchev–Trinajstić information content (AvgIpc) is 2.58. The molecule has 0 saturated carbocycles. The van der Waals surface area contributed by atoms with E-state index in [0.717, 1.165) is 17.5 Å². The fourth-order valence-corrected chi connectivity index (χ4v) is 4.11. The molecule has 0 aliphatic heterocycles. The summed E-state index contributed by atoms with van der Waals surface area (Å²) in [5.41, 5.74) is 6.47. The molecule has 1 heteroatoms. The molecule has 0 bridgehead atoms. The largest absolute Gasteiger partial charge is 0.386 e. The summed E-state index contributed by atoms with van der Waals surface area (Å²) in [6.45, 7) is 6.02. The van der Waals surface area contributed by atoms with E-state index < -0.39 is 5.60 Å². The van der Waals surface area contributed by atoms with Crippen molar-refractivity contribution in [3.8, 4) is 0 Å². The van der Waals surface area contributed by atoms with Crippen molar-refractivity contribution >= 4 is 11.6 Å². The second kappa shape index (κ2) is 5.57. The smallest absolute Gasteiger partial charge is 0.0846 e. The summed E-state index contributed by atoms with van der Waals surface area (Å²) in [6, 6.07) is 16.9. The van der Waals surface area contributed by atoms with Crippen LogP contribution >= 0.6 is 0 Å². The van der Waals surface area contributed by atoms with Crippen molar-refractivity contribution in [3.05, 3.63) is 94.6 Å². The molecule has 0 spiro atoms. The van der Waals surface area contributed by atoms with Gasteiger partial charge >= 0.3 is 0 Å². The van der Waals surface area contributed by atoms with E-state index >= 15 is 0 Å². The quantitative estimate of drug-likeness (QED) is 0.770. The summed E-state index contributed by atoms with van der Waals surface area (Å²) in [5.74, 6) is 0. The van der Waals surface area contributed by atoms with Gasteiger partial charge in [-0.25, -0.2) is 0 Å². The van der Waals surface area contributed by atoms with Crippen molar-refractivity contribution in [1.82, 2.24) is 0 Å². The summed E-state index contributed by atoms with van der Waals surface area (Å²) in [5, 5.41) is 10.7. The number of hydrogen-bond donors (Lipinski definition) is 1. The molecule has 0 fully saturated rings. The lowest BCUT2D eigenvalue weighted by molar-refractivity contribution is 0.0783. The van der Waals surface area contributed by atoms with E-state index in [1.165, 1.54) is 22.3 Å². The Morgan fingerprint density at radius 2 is 1.72 bits per heavy atom. The lowest BCUT2D eigenvalue weighted by atomic mass is 9.66. The van der Waals surface area contributed by atoms with Gasteiger partial charge in [0.2, 0.25) is 0 Å². The molecule has 0 radical (unpaired) electrons. The van der Waals surface area contributed by atoms with E-state index in [1.54, 1.807) is 0 Å². The summed E-state index contributed by atoms with van der Waals surface area (Å²) < 4.78 is 0. The minimum absolute atomic E-state index is 0.00878. The minimum atomic E-state index is -0.873. The van der Waals surface area contributed by atoms with Crippen LogP contribution in [0.2, 0.25) is 0 Å². The minimum Gasteiger partial charge on any atom is -0.386 e. The Labute approximate surface area is 150 Å². The van der Waals surface area contributed by atoms with E-state index in [0.29, 0.717) is 0 Å². The lowest BCUT2D eigenvalue weighted by Gasteiger charge is -2.38. The predicted octanol–water partition coefficient (Wildman–Crippen LogP) is 5.51. The first-order chi connectivity index (χ1) is 11.9. The van der Waals surface area contributed by atoms with Gasteiger partial charge in [-0.05, 0) is 59.7 Å². The highest BCUT2D eigenvalue weighted by Gasteiger charge is 2.35. The maximum Gasteiger partial charge on any atom is 0.0846 e. The van der Waals surface area contributed by atoms with Crippen LogP contribution in [-0.4, -0.2) is 5.11 Å². The van der Waals surface area contributed by atoms with Crippen molar-refractivity contribution in [3.63, 3.8) is 0 Å². The van der Waals surface area contributed by atoms with Crippen molar-refractivity contribution in [2.24, 2.45) is 5.41 Å². The Balaban J connectivity index is 1.92. The maximum absolute atomic E-state index is 10.7. The van der Waals surface area contributed by atoms with Crippen LogP contribution in [0, 0.1) is 5.41 Å². The first-order valence-electron chi connectivity index (χ1n) is 8.91. The van der Waals surface area contributed by atoms with Gasteiger partial charge in [0.15, 0.2) is 0 Å². The van der Waals surface area contributed by atoms with Crippen molar-refractivity contribution in [2.45, 2.75) is 32.8 Å². The number of fused-ring (bicyclic) bond motifs is 2. The molecule has 1 atom stereocenters. The monoisotopic (exact) mass is 328 g/mol. The van der Waals surface area contributed by atoms with Gasteiger partial charge in [0, 0.05) is 5.41 Å². The molecule has 25 heavy (non-hydrogen) atoms. The zero-order chi connectivity index (χ0) is 17.7. The fourth-order valence-electron chi connectivity index (χ4n) is 4.11. The van der Waals surface area contributed by atoms with Gasteiger partial charge in [-0.1, -0.05) is 73.7 Å². The highest BCUT2D eigenvalue weighted by molar-refractivity contribution is 5.91. The van der Waals surface area contributed by atoms with Crippen molar-refractivity contribution in [2.75, 3.05) is 0 Å². The second-order valence-corrected chi connectivity index (χ2v) is 7.90. The van der Waals surface area contributed by atoms with Crippen LogP contribution in [0.25, 0.3) is 11.6 Å². The van der Waals surface area contributed by atoms with E-state index in [9.17, 15) is 5.11 Å². The topological polar surface area (TPSA) is 20.2 Å². The van der Waals surface area contributed by atoms with E-state index in [1.807, 2.05) is 26.0 Å². The number of hydrogen-bond acceptors (Lipinski definition) is 1. The Kier molecular flexibility index (Phi) is 3.59. The third-order valence-corrected chi connectivity index (χ3v) is 5.42. The molecule has 0 amide bonds. The predicted molar refractivity (Wildman–Crippen MR) is 105 cm³/mol. The van der Waals surface area contributed by atoms with E-state index in [-0.39, 0.29) is 5.41 Å². The van der Waals surface area contributed by atoms with Gasteiger partial charge in [0.05, 0.1) is 5.60 Å². The summed E-state index contributed by atoms with van der Waals surface area (Å²) in [6.07, 6.45) is 10.0. The van der Waals surface area contributed by atoms with Gasteiger partial charge in [0.1, 0.15) is 0 Å². The summed E-state index contributed by atoms with van der Waals surface area (Å²) in [4.78, 5) is 0. The van der Waals surface area contributed by atoms with Gasteiger partial charge in [0.25, 0.3) is 0 Å². The van der Waals surface area contributed by atoms with Gasteiger partial charge in [-0.2, -0.15) is 0 Å². The average molecular weight is 328 g/mol.